The minimum Gasteiger partial charge on any atom is -0.493 e. The highest BCUT2D eigenvalue weighted by Crippen LogP contribution is 2.43. The van der Waals surface area contributed by atoms with Crippen LogP contribution in [0.2, 0.25) is 0 Å². The Balaban J connectivity index is 1.05. The molecule has 2 fully saturated rings. The molecule has 4 atom stereocenters. The highest BCUT2D eigenvalue weighted by Gasteiger charge is 2.39. The van der Waals surface area contributed by atoms with Crippen LogP contribution >= 0.6 is 0 Å². The van der Waals surface area contributed by atoms with E-state index in [1.807, 2.05) is 30.3 Å². The number of likely N-dealkylation sites (tertiary alicyclic amines) is 1. The lowest BCUT2D eigenvalue weighted by molar-refractivity contribution is 0.00934. The molecule has 0 spiro atoms. The van der Waals surface area contributed by atoms with Gasteiger partial charge >= 0.3 is 6.09 Å². The Morgan fingerprint density at radius 3 is 2.90 bits per heavy atom. The summed E-state index contributed by atoms with van der Waals surface area (Å²) in [6.07, 6.45) is 1.44. The molecular weight excluding hydrogens is 395 g/mol. The summed E-state index contributed by atoms with van der Waals surface area (Å²) in [5.41, 5.74) is 3.59. The Labute approximate surface area is 182 Å². The lowest BCUT2D eigenvalue weighted by atomic mass is 9.96. The lowest BCUT2D eigenvalue weighted by Gasteiger charge is -2.34. The van der Waals surface area contributed by atoms with Crippen LogP contribution in [-0.2, 0) is 17.8 Å². The van der Waals surface area contributed by atoms with Crippen molar-refractivity contribution in [2.24, 2.45) is 5.92 Å². The van der Waals surface area contributed by atoms with Gasteiger partial charge in [0.15, 0.2) is 6.30 Å². The van der Waals surface area contributed by atoms with Gasteiger partial charge in [-0.25, -0.2) is 9.18 Å². The van der Waals surface area contributed by atoms with Crippen molar-refractivity contribution >= 4 is 6.09 Å². The van der Waals surface area contributed by atoms with Gasteiger partial charge in [-0.15, -0.1) is 0 Å². The fraction of sp³-hybridized carbons (Fsp3) is 0.480. The molecular formula is C25H29FN2O3. The summed E-state index contributed by atoms with van der Waals surface area (Å²) in [6.45, 7) is 2.16. The topological polar surface area (TPSA) is 50.8 Å². The van der Waals surface area contributed by atoms with E-state index in [1.165, 1.54) is 16.0 Å². The van der Waals surface area contributed by atoms with Crippen molar-refractivity contribution in [3.05, 3.63) is 65.2 Å². The fourth-order valence-corrected chi connectivity index (χ4v) is 4.72. The maximum atomic E-state index is 14.7. The van der Waals surface area contributed by atoms with Crippen molar-refractivity contribution in [2.75, 3.05) is 19.7 Å². The summed E-state index contributed by atoms with van der Waals surface area (Å²) >= 11 is 0. The number of nitrogens with one attached hydrogen (secondary N) is 1. The minimum absolute atomic E-state index is 0.172. The zero-order chi connectivity index (χ0) is 21.2. The van der Waals surface area contributed by atoms with Gasteiger partial charge in [-0.05, 0) is 48.1 Å². The van der Waals surface area contributed by atoms with Crippen LogP contribution in [0.1, 0.15) is 41.9 Å². The second-order valence-electron chi connectivity index (χ2n) is 8.88. The molecule has 0 aromatic heterocycles. The van der Waals surface area contributed by atoms with Gasteiger partial charge in [0.1, 0.15) is 12.4 Å². The second-order valence-corrected chi connectivity index (χ2v) is 8.88. The summed E-state index contributed by atoms with van der Waals surface area (Å²) in [7, 11) is 0. The van der Waals surface area contributed by atoms with Crippen molar-refractivity contribution in [1.29, 1.82) is 0 Å². The van der Waals surface area contributed by atoms with E-state index in [4.69, 9.17) is 9.47 Å². The first-order valence-corrected chi connectivity index (χ1v) is 11.3. The fourth-order valence-electron chi connectivity index (χ4n) is 4.72. The van der Waals surface area contributed by atoms with Crippen LogP contribution in [0, 0.1) is 5.92 Å². The molecule has 1 saturated carbocycles. The Hall–Kier alpha value is -2.60. The molecule has 0 radical (unpaired) electrons. The normalized spacial score (nSPS) is 26.8. The predicted molar refractivity (Wildman–Crippen MR) is 116 cm³/mol. The zero-order valence-electron chi connectivity index (χ0n) is 17.6. The van der Waals surface area contributed by atoms with Gasteiger partial charge < -0.3 is 14.8 Å². The van der Waals surface area contributed by atoms with Gasteiger partial charge in [-0.3, -0.25) is 4.90 Å². The molecule has 2 unspecified atom stereocenters. The number of rotatable bonds is 6. The maximum Gasteiger partial charge on any atom is 0.412 e. The van der Waals surface area contributed by atoms with Gasteiger partial charge in [0.05, 0.1) is 6.61 Å². The third-order valence-corrected chi connectivity index (χ3v) is 6.68. The van der Waals surface area contributed by atoms with Crippen LogP contribution in [0.4, 0.5) is 9.18 Å². The SMILES string of the molecule is O=C(OCc1ccccc1)N1CCC(CN[C@@H]2C[C@H]2c2ccc3c(c2)CCO3)CC1F. The number of hydrogen-bond acceptors (Lipinski definition) is 4. The molecule has 3 aliphatic rings. The van der Waals surface area contributed by atoms with E-state index in [-0.39, 0.29) is 12.5 Å². The number of amides is 1. The number of halogens is 1. The Bertz CT molecular complexity index is 922. The number of benzene rings is 2. The van der Waals surface area contributed by atoms with Crippen LogP contribution in [-0.4, -0.2) is 43.0 Å². The maximum absolute atomic E-state index is 14.7. The van der Waals surface area contributed by atoms with Crippen LogP contribution in [0.25, 0.3) is 0 Å². The number of fused-ring (bicyclic) bond motifs is 1. The van der Waals surface area contributed by atoms with Gasteiger partial charge in [0, 0.05) is 31.3 Å². The molecule has 31 heavy (non-hydrogen) atoms. The lowest BCUT2D eigenvalue weighted by Crippen LogP contribution is -2.46. The van der Waals surface area contributed by atoms with Crippen molar-refractivity contribution in [3.63, 3.8) is 0 Å². The number of carbonyl (C=O) groups excluding carboxylic acids is 1. The molecule has 1 aliphatic carbocycles. The molecule has 164 valence electrons. The second kappa shape index (κ2) is 8.87. The quantitative estimate of drug-likeness (QED) is 0.698. The molecule has 1 saturated heterocycles. The van der Waals surface area contributed by atoms with E-state index >= 15 is 0 Å². The van der Waals surface area contributed by atoms with Crippen LogP contribution in [0.3, 0.4) is 0 Å². The first-order chi connectivity index (χ1) is 15.2. The molecule has 0 bridgehead atoms. The van der Waals surface area contributed by atoms with E-state index in [1.54, 1.807) is 0 Å². The first-order valence-electron chi connectivity index (χ1n) is 11.3. The van der Waals surface area contributed by atoms with Crippen molar-refractivity contribution in [3.8, 4) is 5.75 Å². The van der Waals surface area contributed by atoms with Gasteiger partial charge in [0.25, 0.3) is 0 Å². The molecule has 2 aliphatic heterocycles. The van der Waals surface area contributed by atoms with Gasteiger partial charge in [-0.1, -0.05) is 42.5 Å². The third-order valence-electron chi connectivity index (χ3n) is 6.68. The zero-order valence-corrected chi connectivity index (χ0v) is 17.6. The van der Waals surface area contributed by atoms with E-state index in [0.29, 0.717) is 24.9 Å². The predicted octanol–water partition coefficient (Wildman–Crippen LogP) is 4.41. The standard InChI is InChI=1S/C25H29FN2O3/c26-24-12-18(8-10-28(24)25(29)31-16-17-4-2-1-3-5-17)15-27-22-14-21(22)19-6-7-23-20(13-19)9-11-30-23/h1-7,13,18,21-22,24,27H,8-12,14-16H2/t18?,21-,22+,24?/m0/s1. The van der Waals surface area contributed by atoms with Crippen LogP contribution < -0.4 is 10.1 Å². The molecule has 2 heterocycles. The monoisotopic (exact) mass is 424 g/mol. The third kappa shape index (κ3) is 4.69. The number of carbonyl (C=O) groups is 1. The summed E-state index contributed by atoms with van der Waals surface area (Å²) < 4.78 is 25.6. The van der Waals surface area contributed by atoms with Crippen LogP contribution in [0.5, 0.6) is 5.75 Å². The molecule has 2 aromatic rings. The van der Waals surface area contributed by atoms with E-state index in [9.17, 15) is 9.18 Å². The number of hydrogen-bond donors (Lipinski definition) is 1. The Morgan fingerprint density at radius 2 is 2.06 bits per heavy atom. The molecule has 1 amide bonds. The smallest absolute Gasteiger partial charge is 0.412 e. The largest absolute Gasteiger partial charge is 0.493 e. The summed E-state index contributed by atoms with van der Waals surface area (Å²) in [5, 5.41) is 3.62. The highest BCUT2D eigenvalue weighted by atomic mass is 19.1. The Kier molecular flexibility index (Phi) is 5.81. The molecule has 1 N–H and O–H groups in total. The number of alkyl halides is 1. The Morgan fingerprint density at radius 1 is 1.19 bits per heavy atom. The summed E-state index contributed by atoms with van der Waals surface area (Å²) in [5.74, 6) is 1.81. The summed E-state index contributed by atoms with van der Waals surface area (Å²) in [4.78, 5) is 13.5. The number of piperidine rings is 1. The average molecular weight is 425 g/mol. The molecule has 5 nitrogen and oxygen atoms in total. The van der Waals surface area contributed by atoms with Crippen molar-refractivity contribution in [2.45, 2.75) is 50.5 Å². The van der Waals surface area contributed by atoms with E-state index in [2.05, 4.69) is 23.5 Å². The molecule has 5 rings (SSSR count). The molecule has 2 aromatic carbocycles. The van der Waals surface area contributed by atoms with Crippen LogP contribution in [0.15, 0.2) is 48.5 Å². The first kappa shape index (κ1) is 20.3. The number of ether oxygens (including phenoxy) is 2. The molecule has 6 heteroatoms. The average Bonchev–Trinajstić information content (AvgIpc) is 3.42. The minimum atomic E-state index is -1.28. The van der Waals surface area contributed by atoms with Crippen molar-refractivity contribution < 1.29 is 18.7 Å². The van der Waals surface area contributed by atoms with Gasteiger partial charge in [0.2, 0.25) is 0 Å². The number of nitrogens with zero attached hydrogens (tertiary/aromatic N) is 1. The highest BCUT2D eigenvalue weighted by molar-refractivity contribution is 5.68. The summed E-state index contributed by atoms with van der Waals surface area (Å²) in [6, 6.07) is 16.5. The van der Waals surface area contributed by atoms with Gasteiger partial charge in [-0.2, -0.15) is 0 Å². The van der Waals surface area contributed by atoms with Crippen molar-refractivity contribution in [1.82, 2.24) is 10.2 Å². The van der Waals surface area contributed by atoms with E-state index < -0.39 is 12.4 Å². The van der Waals surface area contributed by atoms with E-state index in [0.717, 1.165) is 43.7 Å².